The second-order valence-corrected chi connectivity index (χ2v) is 6.97. The topological polar surface area (TPSA) is 74.3 Å². The summed E-state index contributed by atoms with van der Waals surface area (Å²) in [5, 5.41) is 5.70. The quantitative estimate of drug-likeness (QED) is 0.760. The Morgan fingerprint density at radius 1 is 1.32 bits per heavy atom. The van der Waals surface area contributed by atoms with Crippen molar-refractivity contribution >= 4 is 11.8 Å². The molecule has 1 saturated heterocycles. The molecule has 3 rings (SSSR count). The van der Waals surface area contributed by atoms with Gasteiger partial charge in [0.15, 0.2) is 0 Å². The highest BCUT2D eigenvalue weighted by Crippen LogP contribution is 2.14. The number of aromatic nitrogens is 1. The number of nitrogens with one attached hydrogen (secondary N) is 2. The van der Waals surface area contributed by atoms with Crippen LogP contribution in [0.3, 0.4) is 0 Å². The number of rotatable bonds is 7. The van der Waals surface area contributed by atoms with Crippen LogP contribution in [0.4, 0.5) is 4.39 Å². The van der Waals surface area contributed by atoms with Gasteiger partial charge in [-0.1, -0.05) is 18.2 Å². The monoisotopic (exact) mass is 384 g/mol. The van der Waals surface area contributed by atoms with Crippen LogP contribution in [-0.2, 0) is 22.6 Å². The van der Waals surface area contributed by atoms with E-state index < -0.39 is 6.04 Å². The van der Waals surface area contributed by atoms with Crippen LogP contribution in [0.2, 0.25) is 0 Å². The minimum absolute atomic E-state index is 0.0915. The van der Waals surface area contributed by atoms with Gasteiger partial charge in [0.1, 0.15) is 5.82 Å². The number of amides is 2. The van der Waals surface area contributed by atoms with Gasteiger partial charge in [-0.2, -0.15) is 0 Å². The fraction of sp³-hybridized carbons (Fsp3) is 0.381. The standard InChI is InChI=1S/C21H25FN4O2/c1-15-3-2-9-23-18(15)8-10-24-20(27)13-19-21(28)25-11-12-26(19)14-16-4-6-17(22)7-5-16/h2-7,9,19H,8,10-14H2,1H3,(H,24,27)(H,25,28). The molecular weight excluding hydrogens is 359 g/mol. The van der Waals surface area contributed by atoms with E-state index in [1.54, 1.807) is 18.3 Å². The molecule has 1 aromatic heterocycles. The first-order valence-corrected chi connectivity index (χ1v) is 9.46. The summed E-state index contributed by atoms with van der Waals surface area (Å²) in [5.41, 5.74) is 2.96. The Labute approximate surface area is 164 Å². The molecule has 28 heavy (non-hydrogen) atoms. The molecule has 1 aliphatic rings. The number of pyridine rings is 1. The lowest BCUT2D eigenvalue weighted by Crippen LogP contribution is -2.56. The number of halogens is 1. The maximum atomic E-state index is 13.1. The van der Waals surface area contributed by atoms with Crippen molar-refractivity contribution in [2.75, 3.05) is 19.6 Å². The summed E-state index contributed by atoms with van der Waals surface area (Å²) in [4.78, 5) is 31.0. The molecule has 2 N–H and O–H groups in total. The molecule has 2 aromatic rings. The van der Waals surface area contributed by atoms with Gasteiger partial charge in [0.05, 0.1) is 12.5 Å². The molecule has 0 saturated carbocycles. The number of piperazine rings is 1. The van der Waals surface area contributed by atoms with Crippen molar-refractivity contribution in [2.24, 2.45) is 0 Å². The first-order chi connectivity index (χ1) is 13.5. The lowest BCUT2D eigenvalue weighted by atomic mass is 10.1. The number of benzene rings is 1. The minimum atomic E-state index is -0.532. The summed E-state index contributed by atoms with van der Waals surface area (Å²) in [6, 6.07) is 9.55. The molecular formula is C21H25FN4O2. The Kier molecular flexibility index (Phi) is 6.71. The molecule has 0 radical (unpaired) electrons. The predicted octanol–water partition coefficient (Wildman–Crippen LogP) is 1.58. The van der Waals surface area contributed by atoms with Gasteiger partial charge in [-0.15, -0.1) is 0 Å². The van der Waals surface area contributed by atoms with Crippen LogP contribution in [0.25, 0.3) is 0 Å². The van der Waals surface area contributed by atoms with Crippen molar-refractivity contribution < 1.29 is 14.0 Å². The largest absolute Gasteiger partial charge is 0.356 e. The maximum Gasteiger partial charge on any atom is 0.237 e. The van der Waals surface area contributed by atoms with Gasteiger partial charge in [0, 0.05) is 44.5 Å². The van der Waals surface area contributed by atoms with E-state index >= 15 is 0 Å². The zero-order valence-corrected chi connectivity index (χ0v) is 16.0. The molecule has 148 valence electrons. The van der Waals surface area contributed by atoms with E-state index in [2.05, 4.69) is 15.6 Å². The molecule has 1 aromatic carbocycles. The summed E-state index contributed by atoms with van der Waals surface area (Å²) in [6.45, 7) is 4.15. The first-order valence-electron chi connectivity index (χ1n) is 9.46. The first kappa shape index (κ1) is 19.9. The zero-order valence-electron chi connectivity index (χ0n) is 16.0. The number of hydrogen-bond donors (Lipinski definition) is 2. The lowest BCUT2D eigenvalue weighted by Gasteiger charge is -2.34. The third-order valence-corrected chi connectivity index (χ3v) is 4.92. The fourth-order valence-corrected chi connectivity index (χ4v) is 3.35. The van der Waals surface area contributed by atoms with Gasteiger partial charge >= 0.3 is 0 Å². The Hall–Kier alpha value is -2.80. The average molecular weight is 384 g/mol. The SMILES string of the molecule is Cc1cccnc1CCNC(=O)CC1C(=O)NCCN1Cc1ccc(F)cc1. The van der Waals surface area contributed by atoms with E-state index in [0.717, 1.165) is 16.8 Å². The van der Waals surface area contributed by atoms with Gasteiger partial charge < -0.3 is 10.6 Å². The van der Waals surface area contributed by atoms with Crippen LogP contribution < -0.4 is 10.6 Å². The number of nitrogens with zero attached hydrogens (tertiary/aromatic N) is 2. The highest BCUT2D eigenvalue weighted by atomic mass is 19.1. The van der Waals surface area contributed by atoms with Gasteiger partial charge in [0.25, 0.3) is 0 Å². The zero-order chi connectivity index (χ0) is 19.9. The molecule has 2 heterocycles. The predicted molar refractivity (Wildman–Crippen MR) is 104 cm³/mol. The van der Waals surface area contributed by atoms with Crippen LogP contribution in [-0.4, -0.2) is 47.4 Å². The summed E-state index contributed by atoms with van der Waals surface area (Å²) < 4.78 is 13.1. The van der Waals surface area contributed by atoms with Crippen molar-refractivity contribution in [3.8, 4) is 0 Å². The smallest absolute Gasteiger partial charge is 0.237 e. The molecule has 0 bridgehead atoms. The number of carbonyl (C=O) groups excluding carboxylic acids is 2. The van der Waals surface area contributed by atoms with E-state index in [4.69, 9.17) is 0 Å². The van der Waals surface area contributed by atoms with Crippen LogP contribution >= 0.6 is 0 Å². The summed E-state index contributed by atoms with van der Waals surface area (Å²) in [7, 11) is 0. The number of aryl methyl sites for hydroxylation is 1. The fourth-order valence-electron chi connectivity index (χ4n) is 3.35. The third kappa shape index (κ3) is 5.36. The van der Waals surface area contributed by atoms with Crippen molar-refractivity contribution in [3.63, 3.8) is 0 Å². The van der Waals surface area contributed by atoms with Crippen molar-refractivity contribution in [1.82, 2.24) is 20.5 Å². The van der Waals surface area contributed by atoms with Crippen LogP contribution in [0, 0.1) is 12.7 Å². The van der Waals surface area contributed by atoms with E-state index in [9.17, 15) is 14.0 Å². The van der Waals surface area contributed by atoms with Crippen LogP contribution in [0.5, 0.6) is 0 Å². The Balaban J connectivity index is 1.54. The van der Waals surface area contributed by atoms with Crippen LogP contribution in [0.1, 0.15) is 23.2 Å². The average Bonchev–Trinajstić information content (AvgIpc) is 2.68. The van der Waals surface area contributed by atoms with E-state index in [1.807, 2.05) is 24.0 Å². The second kappa shape index (κ2) is 9.41. The molecule has 2 amide bonds. The maximum absolute atomic E-state index is 13.1. The Bertz CT molecular complexity index is 825. The van der Waals surface area contributed by atoms with E-state index in [-0.39, 0.29) is 24.1 Å². The van der Waals surface area contributed by atoms with Crippen LogP contribution in [0.15, 0.2) is 42.6 Å². The number of hydrogen-bond acceptors (Lipinski definition) is 4. The van der Waals surface area contributed by atoms with Gasteiger partial charge in [0.2, 0.25) is 11.8 Å². The summed E-state index contributed by atoms with van der Waals surface area (Å²) in [5.74, 6) is -0.608. The van der Waals surface area contributed by atoms with Crippen molar-refractivity contribution in [1.29, 1.82) is 0 Å². The molecule has 0 aliphatic carbocycles. The lowest BCUT2D eigenvalue weighted by molar-refractivity contribution is -0.134. The van der Waals surface area contributed by atoms with Gasteiger partial charge in [-0.05, 0) is 36.2 Å². The molecule has 7 heteroatoms. The van der Waals surface area contributed by atoms with E-state index in [0.29, 0.717) is 32.6 Å². The molecule has 6 nitrogen and oxygen atoms in total. The normalized spacial score (nSPS) is 17.2. The summed E-state index contributed by atoms with van der Waals surface area (Å²) >= 11 is 0. The second-order valence-electron chi connectivity index (χ2n) is 6.97. The van der Waals surface area contributed by atoms with Crippen molar-refractivity contribution in [2.45, 2.75) is 32.4 Å². The molecule has 1 atom stereocenters. The molecule has 1 aliphatic heterocycles. The highest BCUT2D eigenvalue weighted by molar-refractivity contribution is 5.88. The number of carbonyl (C=O) groups is 2. The molecule has 1 unspecified atom stereocenters. The highest BCUT2D eigenvalue weighted by Gasteiger charge is 2.31. The summed E-state index contributed by atoms with van der Waals surface area (Å²) in [6.07, 6.45) is 2.48. The minimum Gasteiger partial charge on any atom is -0.356 e. The van der Waals surface area contributed by atoms with E-state index in [1.165, 1.54) is 12.1 Å². The Morgan fingerprint density at radius 2 is 2.11 bits per heavy atom. The molecule has 1 fully saturated rings. The van der Waals surface area contributed by atoms with Crippen molar-refractivity contribution in [3.05, 3.63) is 65.2 Å². The van der Waals surface area contributed by atoms with Gasteiger partial charge in [-0.3, -0.25) is 19.5 Å². The third-order valence-electron chi connectivity index (χ3n) is 4.92. The van der Waals surface area contributed by atoms with Gasteiger partial charge in [-0.25, -0.2) is 4.39 Å². The Morgan fingerprint density at radius 3 is 2.86 bits per heavy atom. The molecule has 0 spiro atoms.